The van der Waals surface area contributed by atoms with Crippen molar-refractivity contribution < 1.29 is 4.74 Å². The van der Waals surface area contributed by atoms with E-state index in [2.05, 4.69) is 19.9 Å². The molecule has 1 rings (SSSR count). The first kappa shape index (κ1) is 12.4. The minimum absolute atomic E-state index is 0.812. The molecule has 0 atom stereocenters. The third-order valence-electron chi connectivity index (χ3n) is 2.05. The maximum atomic E-state index is 5.73. The summed E-state index contributed by atoms with van der Waals surface area (Å²) >= 11 is 1.81. The summed E-state index contributed by atoms with van der Waals surface area (Å²) < 4.78 is 5.42. The number of nitrogens with two attached hydrogens (primary N) is 1. The predicted molar refractivity (Wildman–Crippen MR) is 67.4 cm³/mol. The number of thioether (sulfide) groups is 1. The highest BCUT2D eigenvalue weighted by Gasteiger charge is 1.99. The molecule has 0 heterocycles. The van der Waals surface area contributed by atoms with Crippen LogP contribution < -0.4 is 5.73 Å². The Hall–Kier alpha value is -0.670. The summed E-state index contributed by atoms with van der Waals surface area (Å²) in [5.74, 6) is 0.990. The lowest BCUT2D eigenvalue weighted by atomic mass is 10.2. The Morgan fingerprint density at radius 1 is 1.33 bits per heavy atom. The third kappa shape index (κ3) is 4.58. The van der Waals surface area contributed by atoms with E-state index in [0.717, 1.165) is 31.1 Å². The van der Waals surface area contributed by atoms with Gasteiger partial charge in [-0.2, -0.15) is 0 Å². The molecule has 2 N–H and O–H groups in total. The van der Waals surface area contributed by atoms with Crippen LogP contribution in [0.1, 0.15) is 18.9 Å². The third-order valence-corrected chi connectivity index (χ3v) is 3.17. The molecule has 1 aromatic rings. The smallest absolute Gasteiger partial charge is 0.0560 e. The van der Waals surface area contributed by atoms with Crippen LogP contribution in [0.3, 0.4) is 0 Å². The highest BCUT2D eigenvalue weighted by Crippen LogP contribution is 2.24. The molecule has 0 unspecified atom stereocenters. The highest BCUT2D eigenvalue weighted by molar-refractivity contribution is 7.99. The SMILES string of the molecule is CCCOCCSc1cc(N)ccc1C. The van der Waals surface area contributed by atoms with Crippen molar-refractivity contribution in [3.05, 3.63) is 23.8 Å². The summed E-state index contributed by atoms with van der Waals surface area (Å²) in [4.78, 5) is 1.26. The average molecular weight is 225 g/mol. The fourth-order valence-corrected chi connectivity index (χ4v) is 2.17. The van der Waals surface area contributed by atoms with Crippen LogP contribution in [-0.2, 0) is 4.74 Å². The molecule has 3 heteroatoms. The topological polar surface area (TPSA) is 35.2 Å². The first-order chi connectivity index (χ1) is 7.24. The zero-order chi connectivity index (χ0) is 11.1. The average Bonchev–Trinajstić information content (AvgIpc) is 2.23. The van der Waals surface area contributed by atoms with Gasteiger partial charge in [0.15, 0.2) is 0 Å². The van der Waals surface area contributed by atoms with E-state index in [1.54, 1.807) is 11.8 Å². The monoisotopic (exact) mass is 225 g/mol. The molecular weight excluding hydrogens is 206 g/mol. The second-order valence-corrected chi connectivity index (χ2v) is 4.62. The molecule has 0 bridgehead atoms. The van der Waals surface area contributed by atoms with Gasteiger partial charge in [0.1, 0.15) is 0 Å². The van der Waals surface area contributed by atoms with Gasteiger partial charge in [-0.3, -0.25) is 0 Å². The lowest BCUT2D eigenvalue weighted by Gasteiger charge is -2.06. The van der Waals surface area contributed by atoms with Crippen LogP contribution in [0.5, 0.6) is 0 Å². The summed E-state index contributed by atoms with van der Waals surface area (Å²) in [6.45, 7) is 5.90. The summed E-state index contributed by atoms with van der Waals surface area (Å²) in [6.07, 6.45) is 1.09. The summed E-state index contributed by atoms with van der Waals surface area (Å²) in [6, 6.07) is 6.03. The van der Waals surface area contributed by atoms with E-state index in [9.17, 15) is 0 Å². The van der Waals surface area contributed by atoms with Crippen molar-refractivity contribution in [2.75, 3.05) is 24.7 Å². The van der Waals surface area contributed by atoms with Crippen LogP contribution in [-0.4, -0.2) is 19.0 Å². The van der Waals surface area contributed by atoms with Crippen LogP contribution >= 0.6 is 11.8 Å². The highest BCUT2D eigenvalue weighted by atomic mass is 32.2. The van der Waals surface area contributed by atoms with Crippen molar-refractivity contribution in [3.63, 3.8) is 0 Å². The molecule has 0 amide bonds. The molecule has 0 spiro atoms. The van der Waals surface area contributed by atoms with Crippen LogP contribution in [0.15, 0.2) is 23.1 Å². The lowest BCUT2D eigenvalue weighted by Crippen LogP contribution is -1.98. The molecule has 0 saturated carbocycles. The number of benzene rings is 1. The van der Waals surface area contributed by atoms with Gasteiger partial charge in [0.2, 0.25) is 0 Å². The Morgan fingerprint density at radius 2 is 2.13 bits per heavy atom. The predicted octanol–water partition coefficient (Wildman–Crippen LogP) is 3.10. The zero-order valence-electron chi connectivity index (χ0n) is 9.45. The molecule has 0 aliphatic heterocycles. The van der Waals surface area contributed by atoms with Gasteiger partial charge in [0.05, 0.1) is 6.61 Å². The number of anilines is 1. The van der Waals surface area contributed by atoms with Crippen LogP contribution in [0.4, 0.5) is 5.69 Å². The lowest BCUT2D eigenvalue weighted by molar-refractivity contribution is 0.151. The number of nitrogen functional groups attached to an aromatic ring is 1. The van der Waals surface area contributed by atoms with E-state index < -0.39 is 0 Å². The second-order valence-electron chi connectivity index (χ2n) is 3.49. The molecule has 0 aliphatic rings. The minimum Gasteiger partial charge on any atom is -0.399 e. The molecule has 1 aromatic carbocycles. The maximum absolute atomic E-state index is 5.73. The van der Waals surface area contributed by atoms with Gasteiger partial charge in [0.25, 0.3) is 0 Å². The number of rotatable bonds is 6. The standard InChI is InChI=1S/C12H19NOS/c1-3-6-14-7-8-15-12-9-11(13)5-4-10(12)2/h4-5,9H,3,6-8,13H2,1-2H3. The van der Waals surface area contributed by atoms with E-state index in [1.807, 2.05) is 12.1 Å². The molecule has 0 radical (unpaired) electrons. The summed E-state index contributed by atoms with van der Waals surface area (Å²) in [7, 11) is 0. The van der Waals surface area contributed by atoms with Crippen molar-refractivity contribution in [1.29, 1.82) is 0 Å². The Kier molecular flexibility index (Phi) is 5.58. The van der Waals surface area contributed by atoms with E-state index >= 15 is 0 Å². The molecule has 0 fully saturated rings. The number of ether oxygens (including phenoxy) is 1. The van der Waals surface area contributed by atoms with Crippen molar-refractivity contribution >= 4 is 17.4 Å². The molecular formula is C12H19NOS. The van der Waals surface area contributed by atoms with E-state index in [4.69, 9.17) is 10.5 Å². The fraction of sp³-hybridized carbons (Fsp3) is 0.500. The Balaban J connectivity index is 2.33. The van der Waals surface area contributed by atoms with Gasteiger partial charge < -0.3 is 10.5 Å². The Bertz CT molecular complexity index is 302. The Morgan fingerprint density at radius 3 is 2.87 bits per heavy atom. The second kappa shape index (κ2) is 6.75. The van der Waals surface area contributed by atoms with E-state index in [1.165, 1.54) is 10.5 Å². The van der Waals surface area contributed by atoms with Gasteiger partial charge in [-0.05, 0) is 31.0 Å². The van der Waals surface area contributed by atoms with E-state index in [-0.39, 0.29) is 0 Å². The normalized spacial score (nSPS) is 10.5. The van der Waals surface area contributed by atoms with Gasteiger partial charge >= 0.3 is 0 Å². The first-order valence-corrected chi connectivity index (χ1v) is 6.29. The first-order valence-electron chi connectivity index (χ1n) is 5.30. The quantitative estimate of drug-likeness (QED) is 0.459. The van der Waals surface area contributed by atoms with Gasteiger partial charge in [-0.15, -0.1) is 11.8 Å². The largest absolute Gasteiger partial charge is 0.399 e. The number of hydrogen-bond acceptors (Lipinski definition) is 3. The van der Waals surface area contributed by atoms with Crippen molar-refractivity contribution in [1.82, 2.24) is 0 Å². The van der Waals surface area contributed by atoms with Crippen LogP contribution in [0, 0.1) is 6.92 Å². The van der Waals surface area contributed by atoms with Crippen molar-refractivity contribution in [2.45, 2.75) is 25.2 Å². The molecule has 0 aromatic heterocycles. The maximum Gasteiger partial charge on any atom is 0.0560 e. The molecule has 84 valence electrons. The van der Waals surface area contributed by atoms with Gasteiger partial charge in [-0.25, -0.2) is 0 Å². The van der Waals surface area contributed by atoms with E-state index in [0.29, 0.717) is 0 Å². The molecule has 15 heavy (non-hydrogen) atoms. The zero-order valence-corrected chi connectivity index (χ0v) is 10.3. The molecule has 0 saturated heterocycles. The summed E-state index contributed by atoms with van der Waals surface area (Å²) in [5.41, 5.74) is 7.85. The fourth-order valence-electron chi connectivity index (χ4n) is 1.23. The number of aryl methyl sites for hydroxylation is 1. The molecule has 2 nitrogen and oxygen atoms in total. The minimum atomic E-state index is 0.812. The number of hydrogen-bond donors (Lipinski definition) is 1. The Labute approximate surface area is 96.2 Å². The summed E-state index contributed by atoms with van der Waals surface area (Å²) in [5, 5.41) is 0. The van der Waals surface area contributed by atoms with Gasteiger partial charge in [0, 0.05) is 22.9 Å². The van der Waals surface area contributed by atoms with Crippen molar-refractivity contribution in [3.8, 4) is 0 Å². The van der Waals surface area contributed by atoms with Gasteiger partial charge in [-0.1, -0.05) is 13.0 Å². The van der Waals surface area contributed by atoms with Crippen LogP contribution in [0.2, 0.25) is 0 Å². The van der Waals surface area contributed by atoms with Crippen molar-refractivity contribution in [2.24, 2.45) is 0 Å². The molecule has 0 aliphatic carbocycles. The van der Waals surface area contributed by atoms with Crippen LogP contribution in [0.25, 0.3) is 0 Å².